The molecule has 0 radical (unpaired) electrons. The lowest BCUT2D eigenvalue weighted by Gasteiger charge is -2.32. The van der Waals surface area contributed by atoms with Gasteiger partial charge in [0.05, 0.1) is 18.1 Å². The first kappa shape index (κ1) is 21.3. The highest BCUT2D eigenvalue weighted by atomic mass is 79.9. The van der Waals surface area contributed by atoms with Crippen LogP contribution in [0.5, 0.6) is 0 Å². The van der Waals surface area contributed by atoms with Gasteiger partial charge in [-0.3, -0.25) is 14.3 Å². The summed E-state index contributed by atoms with van der Waals surface area (Å²) in [4.78, 5) is 23.6. The van der Waals surface area contributed by atoms with Crippen molar-refractivity contribution in [1.82, 2.24) is 19.8 Å². The third-order valence-corrected chi connectivity index (χ3v) is 6.89. The van der Waals surface area contributed by atoms with E-state index in [1.807, 2.05) is 49.3 Å². The van der Waals surface area contributed by atoms with E-state index in [9.17, 15) is 4.79 Å². The van der Waals surface area contributed by atoms with Crippen LogP contribution in [0.15, 0.2) is 34.8 Å². The first-order valence-corrected chi connectivity index (χ1v) is 11.6. The molecule has 2 aromatic heterocycles. The van der Waals surface area contributed by atoms with Gasteiger partial charge in [-0.2, -0.15) is 0 Å². The lowest BCUT2D eigenvalue weighted by Crippen LogP contribution is -2.47. The van der Waals surface area contributed by atoms with Crippen molar-refractivity contribution in [3.05, 3.63) is 39.7 Å². The Labute approximate surface area is 188 Å². The summed E-state index contributed by atoms with van der Waals surface area (Å²) < 4.78 is 8.53. The van der Waals surface area contributed by atoms with E-state index in [-0.39, 0.29) is 11.9 Å². The van der Waals surface area contributed by atoms with Gasteiger partial charge in [0.15, 0.2) is 0 Å². The molecule has 1 fully saturated rings. The van der Waals surface area contributed by atoms with Crippen molar-refractivity contribution < 1.29 is 9.53 Å². The first-order chi connectivity index (χ1) is 14.4. The van der Waals surface area contributed by atoms with Gasteiger partial charge in [-0.15, -0.1) is 11.3 Å². The van der Waals surface area contributed by atoms with Crippen molar-refractivity contribution in [3.8, 4) is 5.69 Å². The first-order valence-electron chi connectivity index (χ1n) is 9.99. The number of carbonyl (C=O) groups excluding carboxylic acids is 1. The highest BCUT2D eigenvalue weighted by Gasteiger charge is 2.21. The number of morpholine rings is 1. The molecule has 0 unspecified atom stereocenters. The molecule has 3 aromatic rings. The lowest BCUT2D eigenvalue weighted by atomic mass is 10.2. The summed E-state index contributed by atoms with van der Waals surface area (Å²) in [5.74, 6) is 0.790. The normalized spacial score (nSPS) is 16.0. The van der Waals surface area contributed by atoms with E-state index in [4.69, 9.17) is 9.72 Å². The molecule has 0 spiro atoms. The van der Waals surface area contributed by atoms with Gasteiger partial charge in [0.1, 0.15) is 10.3 Å². The summed E-state index contributed by atoms with van der Waals surface area (Å²) in [5, 5.41) is 3.09. The Bertz CT molecular complexity index is 1020. The van der Waals surface area contributed by atoms with E-state index in [1.54, 1.807) is 0 Å². The van der Waals surface area contributed by atoms with Crippen molar-refractivity contribution in [2.45, 2.75) is 13.0 Å². The zero-order chi connectivity index (χ0) is 21.3. The summed E-state index contributed by atoms with van der Waals surface area (Å²) in [6, 6.07) is 10.3. The van der Waals surface area contributed by atoms with Gasteiger partial charge in [-0.05, 0) is 37.3 Å². The standard InChI is InChI=1S/C21H26BrN5O2S/c1-14(26-8-10-29-11-9-26)13-23-19(28)18-12-17-20(30-18)27(21(24-17)25(2)3)16-6-4-15(22)5-7-16/h4-7,12,14H,8-11,13H2,1-3H3,(H,23,28)/t14-/m1/s1. The van der Waals surface area contributed by atoms with Crippen molar-refractivity contribution in [2.75, 3.05) is 51.8 Å². The average molecular weight is 492 g/mol. The Morgan fingerprint density at radius 2 is 2.00 bits per heavy atom. The van der Waals surface area contributed by atoms with Crippen LogP contribution in [-0.4, -0.2) is 73.3 Å². The minimum absolute atomic E-state index is 0.0492. The Hall–Kier alpha value is -1.94. The van der Waals surface area contributed by atoms with Crippen molar-refractivity contribution in [3.63, 3.8) is 0 Å². The molecule has 4 rings (SSSR count). The predicted molar refractivity (Wildman–Crippen MR) is 125 cm³/mol. The molecular formula is C21H26BrN5O2S. The molecule has 1 aliphatic heterocycles. The highest BCUT2D eigenvalue weighted by Crippen LogP contribution is 2.33. The van der Waals surface area contributed by atoms with Crippen molar-refractivity contribution in [2.24, 2.45) is 0 Å². The van der Waals surface area contributed by atoms with Crippen LogP contribution in [-0.2, 0) is 4.74 Å². The number of anilines is 1. The number of ether oxygens (including phenoxy) is 1. The van der Waals surface area contributed by atoms with E-state index >= 15 is 0 Å². The third-order valence-electron chi connectivity index (χ3n) is 5.25. The number of hydrogen-bond donors (Lipinski definition) is 1. The third kappa shape index (κ3) is 4.39. The van der Waals surface area contributed by atoms with E-state index in [0.29, 0.717) is 11.4 Å². The molecule has 0 bridgehead atoms. The van der Waals surface area contributed by atoms with Crippen LogP contribution in [0.4, 0.5) is 5.95 Å². The zero-order valence-corrected chi connectivity index (χ0v) is 19.8. The van der Waals surface area contributed by atoms with Crippen LogP contribution < -0.4 is 10.2 Å². The molecule has 0 aliphatic carbocycles. The predicted octanol–water partition coefficient (Wildman–Crippen LogP) is 3.37. The van der Waals surface area contributed by atoms with Crippen LogP contribution in [0, 0.1) is 0 Å². The molecule has 3 heterocycles. The minimum atomic E-state index is -0.0492. The largest absolute Gasteiger partial charge is 0.379 e. The summed E-state index contributed by atoms with van der Waals surface area (Å²) in [5.41, 5.74) is 1.84. The second kappa shape index (κ2) is 9.05. The topological polar surface area (TPSA) is 62.6 Å². The maximum absolute atomic E-state index is 12.8. The van der Waals surface area contributed by atoms with Gasteiger partial charge in [0, 0.05) is 49.9 Å². The van der Waals surface area contributed by atoms with Crippen molar-refractivity contribution in [1.29, 1.82) is 0 Å². The fourth-order valence-corrected chi connectivity index (χ4v) is 4.87. The molecule has 160 valence electrons. The second-order valence-electron chi connectivity index (χ2n) is 7.63. The van der Waals surface area contributed by atoms with Gasteiger partial charge < -0.3 is 15.0 Å². The lowest BCUT2D eigenvalue weighted by molar-refractivity contribution is 0.0204. The summed E-state index contributed by atoms with van der Waals surface area (Å²) in [6.45, 7) is 6.10. The van der Waals surface area contributed by atoms with E-state index in [2.05, 4.69) is 37.6 Å². The van der Waals surface area contributed by atoms with Gasteiger partial charge in [0.2, 0.25) is 5.95 Å². The highest BCUT2D eigenvalue weighted by molar-refractivity contribution is 9.10. The van der Waals surface area contributed by atoms with E-state index < -0.39 is 0 Å². The van der Waals surface area contributed by atoms with Crippen LogP contribution in [0.2, 0.25) is 0 Å². The van der Waals surface area contributed by atoms with Crippen molar-refractivity contribution >= 4 is 49.5 Å². The molecule has 1 aromatic carbocycles. The quantitative estimate of drug-likeness (QED) is 0.572. The van der Waals surface area contributed by atoms with Gasteiger partial charge in [-0.1, -0.05) is 15.9 Å². The number of benzene rings is 1. The summed E-state index contributed by atoms with van der Waals surface area (Å²) in [7, 11) is 3.95. The van der Waals surface area contributed by atoms with Gasteiger partial charge in [-0.25, -0.2) is 4.98 Å². The molecule has 1 amide bonds. The Morgan fingerprint density at radius 1 is 1.30 bits per heavy atom. The van der Waals surface area contributed by atoms with Gasteiger partial charge >= 0.3 is 0 Å². The number of nitrogens with one attached hydrogen (secondary N) is 1. The monoisotopic (exact) mass is 491 g/mol. The minimum Gasteiger partial charge on any atom is -0.379 e. The fourth-order valence-electron chi connectivity index (χ4n) is 3.57. The van der Waals surface area contributed by atoms with Crippen LogP contribution in [0.25, 0.3) is 16.0 Å². The molecule has 1 atom stereocenters. The maximum Gasteiger partial charge on any atom is 0.261 e. The number of aromatic nitrogens is 2. The van der Waals surface area contributed by atoms with E-state index in [0.717, 1.165) is 52.8 Å². The zero-order valence-electron chi connectivity index (χ0n) is 17.4. The summed E-state index contributed by atoms with van der Waals surface area (Å²) in [6.07, 6.45) is 0. The Balaban J connectivity index is 1.55. The SMILES string of the molecule is C[C@H](CNC(=O)c1cc2nc(N(C)C)n(-c3ccc(Br)cc3)c2s1)N1CCOCC1. The molecule has 1 N–H and O–H groups in total. The molecule has 1 aliphatic rings. The maximum atomic E-state index is 12.8. The Morgan fingerprint density at radius 3 is 2.67 bits per heavy atom. The summed E-state index contributed by atoms with van der Waals surface area (Å²) >= 11 is 4.96. The number of imidazole rings is 1. The molecule has 0 saturated carbocycles. The molecule has 7 nitrogen and oxygen atoms in total. The number of carbonyl (C=O) groups is 1. The number of thiophene rings is 1. The molecular weight excluding hydrogens is 466 g/mol. The van der Waals surface area contributed by atoms with Gasteiger partial charge in [0.25, 0.3) is 5.91 Å². The number of amides is 1. The number of fused-ring (bicyclic) bond motifs is 1. The van der Waals surface area contributed by atoms with Crippen LogP contribution in [0.1, 0.15) is 16.6 Å². The number of rotatable bonds is 6. The molecule has 1 saturated heterocycles. The molecule has 30 heavy (non-hydrogen) atoms. The molecule has 9 heteroatoms. The van der Waals surface area contributed by atoms with Crippen LogP contribution in [0.3, 0.4) is 0 Å². The smallest absolute Gasteiger partial charge is 0.261 e. The fraction of sp³-hybridized carbons (Fsp3) is 0.429. The Kier molecular flexibility index (Phi) is 6.43. The number of halogens is 1. The second-order valence-corrected chi connectivity index (χ2v) is 9.57. The number of nitrogens with zero attached hydrogens (tertiary/aromatic N) is 4. The average Bonchev–Trinajstić information content (AvgIpc) is 3.31. The van der Waals surface area contributed by atoms with Crippen LogP contribution >= 0.6 is 27.3 Å². The van der Waals surface area contributed by atoms with E-state index in [1.165, 1.54) is 11.3 Å². The number of hydrogen-bond acceptors (Lipinski definition) is 6.